The van der Waals surface area contributed by atoms with Gasteiger partial charge in [-0.1, -0.05) is 19.1 Å². The van der Waals surface area contributed by atoms with Crippen molar-refractivity contribution in [1.82, 2.24) is 4.90 Å². The average molecular weight is 276 g/mol. The molecule has 0 aromatic heterocycles. The van der Waals surface area contributed by atoms with Gasteiger partial charge in [0.25, 0.3) is 0 Å². The highest BCUT2D eigenvalue weighted by atomic mass is 32.2. The fourth-order valence-electron chi connectivity index (χ4n) is 1.80. The largest absolute Gasteiger partial charge is 0.295 e. The number of Topliss-reactive ketones (excluding diaryl/α,β-unsaturated/α-hetero) is 1. The second-order valence-electron chi connectivity index (χ2n) is 4.51. The zero-order valence-corrected chi connectivity index (χ0v) is 12.5. The lowest BCUT2D eigenvalue weighted by atomic mass is 10.1. The van der Waals surface area contributed by atoms with E-state index in [1.165, 1.54) is 0 Å². The number of carbonyl (C=O) groups is 1. The summed E-state index contributed by atoms with van der Waals surface area (Å²) < 4.78 is 0. The Morgan fingerprint density at radius 2 is 2.05 bits per heavy atom. The number of ketones is 1. The molecule has 0 aliphatic heterocycles. The first kappa shape index (κ1) is 15.7. The van der Waals surface area contributed by atoms with Crippen LogP contribution in [0.15, 0.2) is 29.2 Å². The smallest absolute Gasteiger partial charge is 0.176 e. The summed E-state index contributed by atoms with van der Waals surface area (Å²) in [5.74, 6) is 0.0614. The monoisotopic (exact) mass is 276 g/mol. The van der Waals surface area contributed by atoms with E-state index in [-0.39, 0.29) is 11.7 Å². The molecule has 0 amide bonds. The summed E-state index contributed by atoms with van der Waals surface area (Å²) >= 11 is 1.66. The Kier molecular flexibility index (Phi) is 6.61. The van der Waals surface area contributed by atoms with Crippen molar-refractivity contribution in [3.63, 3.8) is 0 Å². The van der Waals surface area contributed by atoms with E-state index in [1.807, 2.05) is 49.3 Å². The molecule has 102 valence electrons. The van der Waals surface area contributed by atoms with Crippen LogP contribution in [0.25, 0.3) is 0 Å². The van der Waals surface area contributed by atoms with Crippen molar-refractivity contribution >= 4 is 17.5 Å². The van der Waals surface area contributed by atoms with Crippen LogP contribution in [-0.2, 0) is 0 Å². The lowest BCUT2D eigenvalue weighted by Crippen LogP contribution is -2.33. The van der Waals surface area contributed by atoms with Gasteiger partial charge in [-0.25, -0.2) is 0 Å². The van der Waals surface area contributed by atoms with Crippen molar-refractivity contribution in [2.24, 2.45) is 5.92 Å². The summed E-state index contributed by atoms with van der Waals surface area (Å²) in [6.07, 6.45) is 2.01. The first-order chi connectivity index (χ1) is 9.10. The second-order valence-corrected chi connectivity index (χ2v) is 5.39. The number of hydrogen-bond acceptors (Lipinski definition) is 4. The molecule has 1 aromatic carbocycles. The molecule has 3 nitrogen and oxygen atoms in total. The summed E-state index contributed by atoms with van der Waals surface area (Å²) in [5, 5.41) is 8.82. The van der Waals surface area contributed by atoms with Crippen molar-refractivity contribution in [3.8, 4) is 6.07 Å². The molecule has 0 spiro atoms. The van der Waals surface area contributed by atoms with Gasteiger partial charge in [-0.3, -0.25) is 9.69 Å². The Morgan fingerprint density at radius 1 is 1.42 bits per heavy atom. The number of nitriles is 1. The van der Waals surface area contributed by atoms with E-state index >= 15 is 0 Å². The van der Waals surface area contributed by atoms with Crippen LogP contribution in [0.2, 0.25) is 0 Å². The van der Waals surface area contributed by atoms with E-state index < -0.39 is 0 Å². The predicted octanol–water partition coefficient (Wildman–Crippen LogP) is 3.07. The van der Waals surface area contributed by atoms with Gasteiger partial charge in [0, 0.05) is 17.0 Å². The Morgan fingerprint density at radius 3 is 2.53 bits per heavy atom. The van der Waals surface area contributed by atoms with Crippen molar-refractivity contribution in [1.29, 1.82) is 5.26 Å². The van der Waals surface area contributed by atoms with Gasteiger partial charge in [-0.2, -0.15) is 5.26 Å². The zero-order chi connectivity index (χ0) is 14.3. The van der Waals surface area contributed by atoms with Crippen LogP contribution in [0, 0.1) is 17.2 Å². The molecule has 0 saturated carbocycles. The van der Waals surface area contributed by atoms with Crippen LogP contribution < -0.4 is 0 Å². The second kappa shape index (κ2) is 7.98. The molecule has 0 aliphatic rings. The third-order valence-electron chi connectivity index (χ3n) is 2.98. The lowest BCUT2D eigenvalue weighted by Gasteiger charge is -2.20. The molecule has 19 heavy (non-hydrogen) atoms. The molecule has 0 bridgehead atoms. The first-order valence-corrected chi connectivity index (χ1v) is 7.62. The highest BCUT2D eigenvalue weighted by Crippen LogP contribution is 2.15. The van der Waals surface area contributed by atoms with Gasteiger partial charge in [-0.05, 0) is 31.9 Å². The van der Waals surface area contributed by atoms with Gasteiger partial charge < -0.3 is 0 Å². The van der Waals surface area contributed by atoms with Crippen molar-refractivity contribution in [2.45, 2.75) is 18.7 Å². The predicted molar refractivity (Wildman–Crippen MR) is 79.4 cm³/mol. The molecule has 0 saturated heterocycles. The molecule has 1 rings (SSSR count). The number of benzene rings is 1. The molecule has 0 N–H and O–H groups in total. The zero-order valence-electron chi connectivity index (χ0n) is 11.7. The minimum absolute atomic E-state index is 0.0494. The number of rotatable bonds is 7. The van der Waals surface area contributed by atoms with E-state index in [9.17, 15) is 4.79 Å². The molecular weight excluding hydrogens is 256 g/mol. The van der Waals surface area contributed by atoms with Crippen LogP contribution in [0.4, 0.5) is 0 Å². The highest BCUT2D eigenvalue weighted by Gasteiger charge is 2.13. The topological polar surface area (TPSA) is 44.1 Å². The summed E-state index contributed by atoms with van der Waals surface area (Å²) in [6.45, 7) is 5.68. The molecule has 0 radical (unpaired) electrons. The van der Waals surface area contributed by atoms with E-state index in [0.29, 0.717) is 13.1 Å². The Balaban J connectivity index is 2.63. The van der Waals surface area contributed by atoms with Crippen LogP contribution in [0.5, 0.6) is 0 Å². The standard InChI is InChI=1S/C15H20N2OS/c1-4-17(10-12(2)9-16)11-15(18)13-5-7-14(19-3)8-6-13/h5-8,12H,4,10-11H2,1-3H3. The number of hydrogen-bond donors (Lipinski definition) is 0. The van der Waals surface area contributed by atoms with Crippen LogP contribution in [0.3, 0.4) is 0 Å². The van der Waals surface area contributed by atoms with Gasteiger partial charge >= 0.3 is 0 Å². The number of likely N-dealkylation sites (N-methyl/N-ethyl adjacent to an activating group) is 1. The van der Waals surface area contributed by atoms with Gasteiger partial charge in [0.05, 0.1) is 18.5 Å². The van der Waals surface area contributed by atoms with Crippen LogP contribution in [0.1, 0.15) is 24.2 Å². The average Bonchev–Trinajstić information content (AvgIpc) is 2.46. The van der Waals surface area contributed by atoms with Gasteiger partial charge in [0.2, 0.25) is 0 Å². The summed E-state index contributed by atoms with van der Waals surface area (Å²) in [6, 6.07) is 9.87. The normalized spacial score (nSPS) is 12.2. The van der Waals surface area contributed by atoms with Gasteiger partial charge in [-0.15, -0.1) is 11.8 Å². The third-order valence-corrected chi connectivity index (χ3v) is 3.72. The maximum Gasteiger partial charge on any atom is 0.176 e. The Labute approximate surface area is 119 Å². The van der Waals surface area contributed by atoms with Crippen molar-refractivity contribution in [2.75, 3.05) is 25.9 Å². The van der Waals surface area contributed by atoms with E-state index in [2.05, 4.69) is 6.07 Å². The van der Waals surface area contributed by atoms with Crippen molar-refractivity contribution < 1.29 is 4.79 Å². The number of thioether (sulfide) groups is 1. The van der Waals surface area contributed by atoms with E-state index in [0.717, 1.165) is 17.0 Å². The third kappa shape index (κ3) is 5.06. The quantitative estimate of drug-likeness (QED) is 0.567. The van der Waals surface area contributed by atoms with Crippen LogP contribution in [-0.4, -0.2) is 36.6 Å². The summed E-state index contributed by atoms with van der Waals surface area (Å²) in [4.78, 5) is 15.3. The number of carbonyl (C=O) groups excluding carboxylic acids is 1. The summed E-state index contributed by atoms with van der Waals surface area (Å²) in [7, 11) is 0. The van der Waals surface area contributed by atoms with E-state index in [4.69, 9.17) is 5.26 Å². The Hall–Kier alpha value is -1.31. The first-order valence-electron chi connectivity index (χ1n) is 6.40. The Bertz CT molecular complexity index is 450. The SMILES string of the molecule is CCN(CC(=O)c1ccc(SC)cc1)CC(C)C#N. The van der Waals surface area contributed by atoms with Crippen molar-refractivity contribution in [3.05, 3.63) is 29.8 Å². The molecule has 4 heteroatoms. The molecular formula is C15H20N2OS. The highest BCUT2D eigenvalue weighted by molar-refractivity contribution is 7.98. The summed E-state index contributed by atoms with van der Waals surface area (Å²) in [5.41, 5.74) is 0.737. The van der Waals surface area contributed by atoms with Gasteiger partial charge in [0.15, 0.2) is 5.78 Å². The van der Waals surface area contributed by atoms with E-state index in [1.54, 1.807) is 11.8 Å². The fourth-order valence-corrected chi connectivity index (χ4v) is 2.21. The molecule has 0 heterocycles. The minimum Gasteiger partial charge on any atom is -0.295 e. The molecule has 1 unspecified atom stereocenters. The fraction of sp³-hybridized carbons (Fsp3) is 0.467. The molecule has 1 atom stereocenters. The molecule has 1 aromatic rings. The lowest BCUT2D eigenvalue weighted by molar-refractivity contribution is 0.0929. The minimum atomic E-state index is -0.0494. The van der Waals surface area contributed by atoms with Crippen LogP contribution >= 0.6 is 11.8 Å². The molecule has 0 fully saturated rings. The maximum absolute atomic E-state index is 12.2. The molecule has 0 aliphatic carbocycles. The number of nitrogens with zero attached hydrogens (tertiary/aromatic N) is 2. The maximum atomic E-state index is 12.2. The van der Waals surface area contributed by atoms with Gasteiger partial charge in [0.1, 0.15) is 0 Å².